The Morgan fingerprint density at radius 3 is 2.75 bits per heavy atom. The molecule has 12 heavy (non-hydrogen) atoms. The van der Waals surface area contributed by atoms with E-state index < -0.39 is 0 Å². The Hall–Kier alpha value is -1.26. The van der Waals surface area contributed by atoms with Gasteiger partial charge in [0.15, 0.2) is 0 Å². The Labute approximate surface area is 73.0 Å². The monoisotopic (exact) mass is 160 g/mol. The number of hydrogen-bond acceptors (Lipinski definition) is 1. The second kappa shape index (κ2) is 4.58. The first kappa shape index (κ1) is 8.83. The Morgan fingerprint density at radius 2 is 2.08 bits per heavy atom. The Kier molecular flexibility index (Phi) is 3.37. The van der Waals surface area contributed by atoms with E-state index in [0.717, 1.165) is 24.0 Å². The van der Waals surface area contributed by atoms with Crippen molar-refractivity contribution in [3.05, 3.63) is 35.4 Å². The van der Waals surface area contributed by atoms with Gasteiger partial charge in [-0.3, -0.25) is 0 Å². The average molecular weight is 160 g/mol. The molecule has 0 aromatic heterocycles. The van der Waals surface area contributed by atoms with Crippen molar-refractivity contribution in [3.63, 3.8) is 0 Å². The first-order chi connectivity index (χ1) is 5.88. The van der Waals surface area contributed by atoms with E-state index in [2.05, 4.69) is 5.92 Å². The highest BCUT2D eigenvalue weighted by molar-refractivity contribution is 5.39. The minimum atomic E-state index is 0.221. The summed E-state index contributed by atoms with van der Waals surface area (Å²) < 4.78 is 0. The lowest BCUT2D eigenvalue weighted by atomic mass is 10.0. The van der Waals surface area contributed by atoms with Crippen LogP contribution in [0.4, 0.5) is 0 Å². The molecule has 1 aromatic carbocycles. The van der Waals surface area contributed by atoms with Crippen molar-refractivity contribution in [3.8, 4) is 12.3 Å². The molecule has 0 spiro atoms. The minimum Gasteiger partial charge on any atom is -0.396 e. The first-order valence-corrected chi connectivity index (χ1v) is 4.04. The van der Waals surface area contributed by atoms with Gasteiger partial charge in [-0.25, -0.2) is 0 Å². The molecule has 0 amide bonds. The Morgan fingerprint density at radius 1 is 1.33 bits per heavy atom. The molecule has 0 saturated carbocycles. The molecule has 1 aromatic rings. The maximum atomic E-state index is 8.64. The van der Waals surface area contributed by atoms with Gasteiger partial charge in [-0.15, -0.1) is 6.42 Å². The predicted octanol–water partition coefficient (Wildman–Crippen LogP) is 1.59. The lowest BCUT2D eigenvalue weighted by Crippen LogP contribution is -1.92. The van der Waals surface area contributed by atoms with E-state index in [1.165, 1.54) is 0 Å². The van der Waals surface area contributed by atoms with Gasteiger partial charge in [0.1, 0.15) is 0 Å². The van der Waals surface area contributed by atoms with Crippen LogP contribution in [0.5, 0.6) is 0 Å². The third-order valence-corrected chi connectivity index (χ3v) is 1.78. The van der Waals surface area contributed by atoms with Gasteiger partial charge in [-0.05, 0) is 24.5 Å². The SMILES string of the molecule is C#Cc1ccccc1CCCO. The molecule has 0 fully saturated rings. The maximum absolute atomic E-state index is 8.64. The van der Waals surface area contributed by atoms with Crippen LogP contribution in [0.1, 0.15) is 17.5 Å². The zero-order chi connectivity index (χ0) is 8.81. The first-order valence-electron chi connectivity index (χ1n) is 4.04. The van der Waals surface area contributed by atoms with Crippen molar-refractivity contribution >= 4 is 0 Å². The van der Waals surface area contributed by atoms with Gasteiger partial charge in [0.05, 0.1) is 0 Å². The van der Waals surface area contributed by atoms with E-state index in [1.54, 1.807) is 0 Å². The number of rotatable bonds is 3. The van der Waals surface area contributed by atoms with Crippen LogP contribution in [0.15, 0.2) is 24.3 Å². The molecule has 1 nitrogen and oxygen atoms in total. The van der Waals surface area contributed by atoms with Crippen molar-refractivity contribution in [2.45, 2.75) is 12.8 Å². The van der Waals surface area contributed by atoms with Crippen LogP contribution in [0, 0.1) is 12.3 Å². The molecule has 0 aliphatic carbocycles. The summed E-state index contributed by atoms with van der Waals surface area (Å²) in [4.78, 5) is 0. The summed E-state index contributed by atoms with van der Waals surface area (Å²) in [6, 6.07) is 7.82. The van der Waals surface area contributed by atoms with Crippen molar-refractivity contribution in [2.75, 3.05) is 6.61 Å². The van der Waals surface area contributed by atoms with Crippen LogP contribution >= 0.6 is 0 Å². The molecule has 0 saturated heterocycles. The van der Waals surface area contributed by atoms with Crippen LogP contribution in [0.25, 0.3) is 0 Å². The molecule has 1 rings (SSSR count). The molecule has 0 atom stereocenters. The van der Waals surface area contributed by atoms with E-state index in [1.807, 2.05) is 24.3 Å². The van der Waals surface area contributed by atoms with Gasteiger partial charge in [-0.2, -0.15) is 0 Å². The highest BCUT2D eigenvalue weighted by atomic mass is 16.2. The molecule has 0 aliphatic heterocycles. The highest BCUT2D eigenvalue weighted by Crippen LogP contribution is 2.08. The van der Waals surface area contributed by atoms with Crippen LogP contribution in [0.3, 0.4) is 0 Å². The van der Waals surface area contributed by atoms with Gasteiger partial charge in [0.2, 0.25) is 0 Å². The standard InChI is InChI=1S/C11H12O/c1-2-10-6-3-4-7-11(10)8-5-9-12/h1,3-4,6-7,12H,5,8-9H2. The summed E-state index contributed by atoms with van der Waals surface area (Å²) in [6.07, 6.45) is 6.94. The number of aliphatic hydroxyl groups is 1. The van der Waals surface area contributed by atoms with Crippen molar-refractivity contribution in [1.29, 1.82) is 0 Å². The van der Waals surface area contributed by atoms with Gasteiger partial charge >= 0.3 is 0 Å². The quantitative estimate of drug-likeness (QED) is 0.666. The molecule has 0 unspecified atom stereocenters. The Bertz CT molecular complexity index is 283. The molecule has 0 aliphatic rings. The molecule has 62 valence electrons. The van der Waals surface area contributed by atoms with Gasteiger partial charge in [0.25, 0.3) is 0 Å². The predicted molar refractivity (Wildman–Crippen MR) is 49.8 cm³/mol. The lowest BCUT2D eigenvalue weighted by molar-refractivity contribution is 0.288. The normalized spacial score (nSPS) is 9.33. The van der Waals surface area contributed by atoms with Crippen molar-refractivity contribution in [2.24, 2.45) is 0 Å². The third-order valence-electron chi connectivity index (χ3n) is 1.78. The highest BCUT2D eigenvalue weighted by Gasteiger charge is 1.96. The molecule has 1 heteroatoms. The largest absolute Gasteiger partial charge is 0.396 e. The van der Waals surface area contributed by atoms with Gasteiger partial charge in [0, 0.05) is 12.2 Å². The topological polar surface area (TPSA) is 20.2 Å². The second-order valence-corrected chi connectivity index (χ2v) is 2.63. The van der Waals surface area contributed by atoms with E-state index >= 15 is 0 Å². The number of benzene rings is 1. The minimum absolute atomic E-state index is 0.221. The van der Waals surface area contributed by atoms with Gasteiger partial charge in [-0.1, -0.05) is 24.1 Å². The molecular weight excluding hydrogens is 148 g/mol. The fourth-order valence-electron chi connectivity index (χ4n) is 1.15. The van der Waals surface area contributed by atoms with Crippen LogP contribution < -0.4 is 0 Å². The van der Waals surface area contributed by atoms with Gasteiger partial charge < -0.3 is 5.11 Å². The number of hydrogen-bond donors (Lipinski definition) is 1. The van der Waals surface area contributed by atoms with E-state index in [4.69, 9.17) is 11.5 Å². The van der Waals surface area contributed by atoms with Crippen LogP contribution in [0.2, 0.25) is 0 Å². The lowest BCUT2D eigenvalue weighted by Gasteiger charge is -2.01. The zero-order valence-corrected chi connectivity index (χ0v) is 6.96. The molecule has 0 bridgehead atoms. The summed E-state index contributed by atoms with van der Waals surface area (Å²) in [7, 11) is 0. The number of terminal acetylenes is 1. The third kappa shape index (κ3) is 2.11. The summed E-state index contributed by atoms with van der Waals surface area (Å²) in [6.45, 7) is 0.221. The fourth-order valence-corrected chi connectivity index (χ4v) is 1.15. The zero-order valence-electron chi connectivity index (χ0n) is 6.96. The molecule has 0 radical (unpaired) electrons. The van der Waals surface area contributed by atoms with Crippen molar-refractivity contribution in [1.82, 2.24) is 0 Å². The fraction of sp³-hybridized carbons (Fsp3) is 0.273. The maximum Gasteiger partial charge on any atom is 0.0434 e. The summed E-state index contributed by atoms with van der Waals surface area (Å²) in [5.74, 6) is 2.62. The van der Waals surface area contributed by atoms with E-state index in [0.29, 0.717) is 0 Å². The smallest absolute Gasteiger partial charge is 0.0434 e. The molecule has 1 N–H and O–H groups in total. The number of aliphatic hydroxyl groups excluding tert-OH is 1. The number of aryl methyl sites for hydroxylation is 1. The van der Waals surface area contributed by atoms with E-state index in [9.17, 15) is 0 Å². The summed E-state index contributed by atoms with van der Waals surface area (Å²) >= 11 is 0. The Balaban J connectivity index is 2.77. The average Bonchev–Trinajstić information content (AvgIpc) is 2.15. The summed E-state index contributed by atoms with van der Waals surface area (Å²) in [5, 5.41) is 8.64. The molecular formula is C11H12O. The van der Waals surface area contributed by atoms with Crippen LogP contribution in [-0.4, -0.2) is 11.7 Å². The molecule has 0 heterocycles. The summed E-state index contributed by atoms with van der Waals surface area (Å²) in [5.41, 5.74) is 2.08. The second-order valence-electron chi connectivity index (χ2n) is 2.63. The van der Waals surface area contributed by atoms with Crippen molar-refractivity contribution < 1.29 is 5.11 Å². The van der Waals surface area contributed by atoms with E-state index in [-0.39, 0.29) is 6.61 Å². The van der Waals surface area contributed by atoms with Crippen LogP contribution in [-0.2, 0) is 6.42 Å².